The summed E-state index contributed by atoms with van der Waals surface area (Å²) in [6.07, 6.45) is 7.22. The zero-order chi connectivity index (χ0) is 18.0. The van der Waals surface area contributed by atoms with Gasteiger partial charge in [0, 0.05) is 36.1 Å². The lowest BCUT2D eigenvalue weighted by molar-refractivity contribution is -0.0157. The number of nitrogens with zero attached hydrogens (tertiary/aromatic N) is 3. The van der Waals surface area contributed by atoms with E-state index in [1.54, 1.807) is 7.11 Å². The Balaban J connectivity index is 1.48. The number of nitrogens with one attached hydrogen (secondary N) is 1. The molecule has 2 saturated heterocycles. The Hall–Kier alpha value is -1.89. The second-order valence-electron chi connectivity index (χ2n) is 7.53. The molecule has 1 aromatic heterocycles. The van der Waals surface area contributed by atoms with Crippen molar-refractivity contribution in [2.24, 2.45) is 5.41 Å². The molecule has 3 heterocycles. The molecule has 0 unspecified atom stereocenters. The number of ether oxygens (including phenoxy) is 1. The molecule has 6 nitrogen and oxygen atoms in total. The summed E-state index contributed by atoms with van der Waals surface area (Å²) in [5.41, 5.74) is 1.16. The van der Waals surface area contributed by atoms with Gasteiger partial charge in [0.05, 0.1) is 20.3 Å². The summed E-state index contributed by atoms with van der Waals surface area (Å²) < 4.78 is 7.39. The van der Waals surface area contributed by atoms with E-state index in [1.807, 2.05) is 24.5 Å². The maximum atomic E-state index is 9.97. The number of fused-ring (bicyclic) bond motifs is 1. The van der Waals surface area contributed by atoms with Gasteiger partial charge < -0.3 is 19.7 Å². The number of imidazole rings is 1. The first-order valence-electron chi connectivity index (χ1n) is 9.47. The Morgan fingerprint density at radius 1 is 1.31 bits per heavy atom. The van der Waals surface area contributed by atoms with Crippen molar-refractivity contribution in [1.29, 1.82) is 0 Å². The van der Waals surface area contributed by atoms with Gasteiger partial charge in [-0.25, -0.2) is 4.98 Å². The van der Waals surface area contributed by atoms with Crippen molar-refractivity contribution in [3.05, 3.63) is 42.5 Å². The van der Waals surface area contributed by atoms with Crippen LogP contribution >= 0.6 is 0 Å². The molecule has 2 N–H and O–H groups in total. The monoisotopic (exact) mass is 356 g/mol. The molecule has 0 amide bonds. The molecule has 2 atom stereocenters. The first kappa shape index (κ1) is 17.5. The van der Waals surface area contributed by atoms with Crippen molar-refractivity contribution >= 4 is 0 Å². The SMILES string of the molecule is COc1ccc(-n2ccnc2CN2CC[C@@]3(CO)CCCN[C@@H]3C2)cc1. The molecule has 0 bridgehead atoms. The molecule has 2 aliphatic rings. The van der Waals surface area contributed by atoms with E-state index in [-0.39, 0.29) is 5.41 Å². The third-order valence-corrected chi connectivity index (χ3v) is 6.10. The quantitative estimate of drug-likeness (QED) is 0.856. The lowest BCUT2D eigenvalue weighted by Crippen LogP contribution is -2.61. The molecule has 4 rings (SSSR count). The summed E-state index contributed by atoms with van der Waals surface area (Å²) in [7, 11) is 1.68. The minimum Gasteiger partial charge on any atom is -0.497 e. The zero-order valence-corrected chi connectivity index (χ0v) is 15.4. The van der Waals surface area contributed by atoms with Gasteiger partial charge in [-0.1, -0.05) is 0 Å². The van der Waals surface area contributed by atoms with Crippen molar-refractivity contribution in [3.63, 3.8) is 0 Å². The number of rotatable bonds is 5. The van der Waals surface area contributed by atoms with Crippen molar-refractivity contribution < 1.29 is 9.84 Å². The minimum atomic E-state index is 0.0696. The van der Waals surface area contributed by atoms with Crippen LogP contribution in [-0.2, 0) is 6.54 Å². The van der Waals surface area contributed by atoms with E-state index >= 15 is 0 Å². The molecule has 2 aliphatic heterocycles. The molecule has 26 heavy (non-hydrogen) atoms. The molecule has 2 aromatic rings. The summed E-state index contributed by atoms with van der Waals surface area (Å²) in [5.74, 6) is 1.90. The number of piperidine rings is 2. The normalized spacial score (nSPS) is 26.5. The number of aliphatic hydroxyl groups excluding tert-OH is 1. The van der Waals surface area contributed by atoms with Gasteiger partial charge in [-0.3, -0.25) is 4.90 Å². The molecular formula is C20H28N4O2. The third kappa shape index (κ3) is 3.24. The topological polar surface area (TPSA) is 62.5 Å². The molecule has 2 fully saturated rings. The fourth-order valence-electron chi connectivity index (χ4n) is 4.44. The Kier molecular flexibility index (Phi) is 4.98. The molecule has 0 saturated carbocycles. The highest BCUT2D eigenvalue weighted by molar-refractivity contribution is 5.38. The number of aliphatic hydroxyl groups is 1. The van der Waals surface area contributed by atoms with E-state index in [9.17, 15) is 5.11 Å². The van der Waals surface area contributed by atoms with E-state index in [0.29, 0.717) is 12.6 Å². The second-order valence-corrected chi connectivity index (χ2v) is 7.53. The van der Waals surface area contributed by atoms with Crippen molar-refractivity contribution in [2.75, 3.05) is 33.4 Å². The van der Waals surface area contributed by atoms with Gasteiger partial charge in [0.15, 0.2) is 0 Å². The smallest absolute Gasteiger partial charge is 0.127 e. The minimum absolute atomic E-state index is 0.0696. The van der Waals surface area contributed by atoms with E-state index in [1.165, 1.54) is 6.42 Å². The lowest BCUT2D eigenvalue weighted by Gasteiger charge is -2.50. The fourth-order valence-corrected chi connectivity index (χ4v) is 4.44. The maximum absolute atomic E-state index is 9.97. The highest BCUT2D eigenvalue weighted by Crippen LogP contribution is 2.38. The Bertz CT molecular complexity index is 730. The first-order chi connectivity index (χ1) is 12.7. The van der Waals surface area contributed by atoms with Crippen LogP contribution in [0.5, 0.6) is 5.75 Å². The zero-order valence-electron chi connectivity index (χ0n) is 15.4. The van der Waals surface area contributed by atoms with Crippen LogP contribution in [0.1, 0.15) is 25.1 Å². The number of hydrogen-bond acceptors (Lipinski definition) is 5. The molecule has 0 radical (unpaired) electrons. The number of hydrogen-bond donors (Lipinski definition) is 2. The number of methoxy groups -OCH3 is 1. The fraction of sp³-hybridized carbons (Fsp3) is 0.550. The molecule has 140 valence electrons. The van der Waals surface area contributed by atoms with Gasteiger partial charge in [0.25, 0.3) is 0 Å². The summed E-state index contributed by atoms with van der Waals surface area (Å²) in [5, 5.41) is 13.6. The van der Waals surface area contributed by atoms with Gasteiger partial charge in [-0.15, -0.1) is 0 Å². The summed E-state index contributed by atoms with van der Waals surface area (Å²) in [6, 6.07) is 8.43. The third-order valence-electron chi connectivity index (χ3n) is 6.10. The number of likely N-dealkylation sites (tertiary alicyclic amines) is 1. The Morgan fingerprint density at radius 2 is 2.15 bits per heavy atom. The van der Waals surface area contributed by atoms with Crippen LogP contribution < -0.4 is 10.1 Å². The van der Waals surface area contributed by atoms with E-state index in [4.69, 9.17) is 4.74 Å². The lowest BCUT2D eigenvalue weighted by atomic mass is 9.70. The van der Waals surface area contributed by atoms with Crippen molar-refractivity contribution in [1.82, 2.24) is 19.8 Å². The highest BCUT2D eigenvalue weighted by atomic mass is 16.5. The Labute approximate surface area is 154 Å². The van der Waals surface area contributed by atoms with Crippen LogP contribution in [0.2, 0.25) is 0 Å². The van der Waals surface area contributed by atoms with Crippen LogP contribution in [-0.4, -0.2) is 59.0 Å². The van der Waals surface area contributed by atoms with Gasteiger partial charge in [0.1, 0.15) is 11.6 Å². The summed E-state index contributed by atoms with van der Waals surface area (Å²) >= 11 is 0. The Morgan fingerprint density at radius 3 is 2.92 bits per heavy atom. The first-order valence-corrected chi connectivity index (χ1v) is 9.47. The van der Waals surface area contributed by atoms with E-state index < -0.39 is 0 Å². The van der Waals surface area contributed by atoms with E-state index in [2.05, 4.69) is 31.9 Å². The maximum Gasteiger partial charge on any atom is 0.127 e. The van der Waals surface area contributed by atoms with Crippen molar-refractivity contribution in [3.8, 4) is 11.4 Å². The van der Waals surface area contributed by atoms with Gasteiger partial charge in [-0.05, 0) is 56.6 Å². The van der Waals surface area contributed by atoms with Crippen LogP contribution in [0.15, 0.2) is 36.7 Å². The number of benzene rings is 1. The van der Waals surface area contributed by atoms with Crippen LogP contribution in [0, 0.1) is 5.41 Å². The number of aromatic nitrogens is 2. The highest BCUT2D eigenvalue weighted by Gasteiger charge is 2.43. The standard InChI is InChI=1S/C20H28N4O2/c1-26-17-5-3-16(4-6-17)24-12-10-22-19(24)14-23-11-8-20(15-25)7-2-9-21-18(20)13-23/h3-6,10,12,18,21,25H,2,7-9,11,13-15H2,1H3/t18-,20-/m1/s1. The molecule has 0 aliphatic carbocycles. The van der Waals surface area contributed by atoms with Gasteiger partial charge >= 0.3 is 0 Å². The predicted octanol–water partition coefficient (Wildman–Crippen LogP) is 1.82. The largest absolute Gasteiger partial charge is 0.497 e. The molecular weight excluding hydrogens is 328 g/mol. The summed E-state index contributed by atoms with van der Waals surface area (Å²) in [4.78, 5) is 7.05. The average molecular weight is 356 g/mol. The molecule has 0 spiro atoms. The van der Waals surface area contributed by atoms with Gasteiger partial charge in [-0.2, -0.15) is 0 Å². The predicted molar refractivity (Wildman–Crippen MR) is 101 cm³/mol. The molecule has 1 aromatic carbocycles. The molecule has 6 heteroatoms. The van der Waals surface area contributed by atoms with Crippen LogP contribution in [0.4, 0.5) is 0 Å². The van der Waals surface area contributed by atoms with Gasteiger partial charge in [0.2, 0.25) is 0 Å². The van der Waals surface area contributed by atoms with Crippen LogP contribution in [0.25, 0.3) is 5.69 Å². The van der Waals surface area contributed by atoms with Crippen molar-refractivity contribution in [2.45, 2.75) is 31.8 Å². The van der Waals surface area contributed by atoms with E-state index in [0.717, 1.165) is 56.3 Å². The average Bonchev–Trinajstić information content (AvgIpc) is 3.16. The second kappa shape index (κ2) is 7.39. The summed E-state index contributed by atoms with van der Waals surface area (Å²) in [6.45, 7) is 4.14. The van der Waals surface area contributed by atoms with Crippen LogP contribution in [0.3, 0.4) is 0 Å².